The van der Waals surface area contributed by atoms with E-state index >= 15 is 0 Å². The first-order chi connectivity index (χ1) is 9.88. The number of benzene rings is 1. The van der Waals surface area contributed by atoms with Crippen molar-refractivity contribution in [2.24, 2.45) is 11.8 Å². The maximum atomic E-state index is 3.71. The Balaban J connectivity index is 1.35. The summed E-state index contributed by atoms with van der Waals surface area (Å²) in [5.41, 5.74) is 2.87. The normalized spacial score (nSPS) is 33.3. The van der Waals surface area contributed by atoms with Crippen LogP contribution in [0.3, 0.4) is 0 Å². The van der Waals surface area contributed by atoms with Crippen molar-refractivity contribution in [2.45, 2.75) is 44.6 Å². The van der Waals surface area contributed by atoms with Crippen molar-refractivity contribution < 1.29 is 0 Å². The summed E-state index contributed by atoms with van der Waals surface area (Å²) in [5, 5.41) is 3.71. The molecule has 2 heterocycles. The molecule has 3 atom stereocenters. The first-order valence-corrected chi connectivity index (χ1v) is 8.45. The highest BCUT2D eigenvalue weighted by Crippen LogP contribution is 2.36. The van der Waals surface area contributed by atoms with Crippen LogP contribution in [0.4, 0.5) is 5.69 Å². The number of likely N-dealkylation sites (tertiary alicyclic amines) is 1. The molecule has 4 rings (SSSR count). The van der Waals surface area contributed by atoms with Gasteiger partial charge in [-0.25, -0.2) is 0 Å². The zero-order chi connectivity index (χ0) is 13.4. The van der Waals surface area contributed by atoms with Crippen molar-refractivity contribution in [3.05, 3.63) is 29.8 Å². The molecule has 2 aliphatic heterocycles. The van der Waals surface area contributed by atoms with Gasteiger partial charge in [-0.15, -0.1) is 0 Å². The summed E-state index contributed by atoms with van der Waals surface area (Å²) in [6.45, 7) is 3.92. The molecule has 0 amide bonds. The molecule has 0 aromatic heterocycles. The second kappa shape index (κ2) is 5.40. The third-order valence-corrected chi connectivity index (χ3v) is 5.70. The monoisotopic (exact) mass is 270 g/mol. The van der Waals surface area contributed by atoms with E-state index in [1.165, 1.54) is 69.4 Å². The molecular formula is C18H26N2. The van der Waals surface area contributed by atoms with Gasteiger partial charge in [-0.1, -0.05) is 37.5 Å². The molecule has 1 aliphatic carbocycles. The highest BCUT2D eigenvalue weighted by atomic mass is 15.2. The van der Waals surface area contributed by atoms with Crippen LogP contribution >= 0.6 is 0 Å². The first-order valence-electron chi connectivity index (χ1n) is 8.45. The fourth-order valence-electron chi connectivity index (χ4n) is 4.64. The number of piperidine rings is 1. The number of nitrogens with zero attached hydrogens (tertiary/aromatic N) is 1. The Morgan fingerprint density at radius 2 is 1.90 bits per heavy atom. The minimum atomic E-state index is 0.632. The van der Waals surface area contributed by atoms with Crippen LogP contribution in [0, 0.1) is 11.8 Å². The minimum Gasteiger partial charge on any atom is -0.380 e. The van der Waals surface area contributed by atoms with Crippen LogP contribution in [0.1, 0.15) is 37.7 Å². The molecule has 2 fully saturated rings. The van der Waals surface area contributed by atoms with Crippen LogP contribution in [0.25, 0.3) is 0 Å². The van der Waals surface area contributed by atoms with E-state index in [2.05, 4.69) is 34.5 Å². The average molecular weight is 270 g/mol. The van der Waals surface area contributed by atoms with Crippen molar-refractivity contribution in [1.82, 2.24) is 4.90 Å². The SMILES string of the molecule is c1ccc2c(c1)CC(CN1CCC3CCCCC3C1)N2. The molecule has 3 aliphatic rings. The largest absolute Gasteiger partial charge is 0.380 e. The Hall–Kier alpha value is -1.02. The molecule has 0 spiro atoms. The zero-order valence-corrected chi connectivity index (χ0v) is 12.4. The van der Waals surface area contributed by atoms with Gasteiger partial charge in [0.15, 0.2) is 0 Å². The summed E-state index contributed by atoms with van der Waals surface area (Å²) < 4.78 is 0. The predicted molar refractivity (Wildman–Crippen MR) is 84.1 cm³/mol. The second-order valence-electron chi connectivity index (χ2n) is 7.06. The lowest BCUT2D eigenvalue weighted by Crippen LogP contribution is -2.45. The van der Waals surface area contributed by atoms with E-state index in [0.717, 1.165) is 11.8 Å². The summed E-state index contributed by atoms with van der Waals surface area (Å²) >= 11 is 0. The molecule has 108 valence electrons. The summed E-state index contributed by atoms with van der Waals surface area (Å²) in [5.74, 6) is 2.05. The number of anilines is 1. The third-order valence-electron chi connectivity index (χ3n) is 5.70. The van der Waals surface area contributed by atoms with Crippen molar-refractivity contribution in [3.63, 3.8) is 0 Å². The molecule has 20 heavy (non-hydrogen) atoms. The quantitative estimate of drug-likeness (QED) is 0.884. The molecule has 1 aromatic rings. The van der Waals surface area contributed by atoms with E-state index in [0.29, 0.717) is 6.04 Å². The summed E-state index contributed by atoms with van der Waals surface area (Å²) in [4.78, 5) is 2.73. The average Bonchev–Trinajstić information content (AvgIpc) is 2.89. The fraction of sp³-hybridized carbons (Fsp3) is 0.667. The molecule has 1 saturated carbocycles. The van der Waals surface area contributed by atoms with E-state index in [9.17, 15) is 0 Å². The van der Waals surface area contributed by atoms with Crippen molar-refractivity contribution in [3.8, 4) is 0 Å². The van der Waals surface area contributed by atoms with E-state index in [1.807, 2.05) is 0 Å². The molecule has 1 saturated heterocycles. The van der Waals surface area contributed by atoms with E-state index < -0.39 is 0 Å². The van der Waals surface area contributed by atoms with Gasteiger partial charge in [0.1, 0.15) is 0 Å². The zero-order valence-electron chi connectivity index (χ0n) is 12.4. The highest BCUT2D eigenvalue weighted by Gasteiger charge is 2.32. The van der Waals surface area contributed by atoms with E-state index in [-0.39, 0.29) is 0 Å². The van der Waals surface area contributed by atoms with Gasteiger partial charge in [-0.3, -0.25) is 0 Å². The highest BCUT2D eigenvalue weighted by molar-refractivity contribution is 5.56. The van der Waals surface area contributed by atoms with Gasteiger partial charge in [0.05, 0.1) is 0 Å². The molecule has 1 N–H and O–H groups in total. The molecule has 3 unspecified atom stereocenters. The van der Waals surface area contributed by atoms with Gasteiger partial charge in [-0.05, 0) is 49.3 Å². The Labute approximate surface area is 122 Å². The van der Waals surface area contributed by atoms with Crippen LogP contribution < -0.4 is 5.32 Å². The van der Waals surface area contributed by atoms with Crippen molar-refractivity contribution in [2.75, 3.05) is 25.0 Å². The van der Waals surface area contributed by atoms with Crippen LogP contribution in [-0.2, 0) is 6.42 Å². The molecule has 0 bridgehead atoms. The lowest BCUT2D eigenvalue weighted by atomic mass is 9.75. The summed E-state index contributed by atoms with van der Waals surface area (Å²) in [6, 6.07) is 9.43. The number of rotatable bonds is 2. The predicted octanol–water partition coefficient (Wildman–Crippen LogP) is 3.54. The maximum Gasteiger partial charge on any atom is 0.0429 e. The second-order valence-corrected chi connectivity index (χ2v) is 7.06. The van der Waals surface area contributed by atoms with Crippen LogP contribution in [0.15, 0.2) is 24.3 Å². The van der Waals surface area contributed by atoms with Crippen LogP contribution in [0.5, 0.6) is 0 Å². The lowest BCUT2D eigenvalue weighted by Gasteiger charge is -2.42. The Kier molecular flexibility index (Phi) is 3.43. The number of hydrogen-bond acceptors (Lipinski definition) is 2. The van der Waals surface area contributed by atoms with Gasteiger partial charge in [-0.2, -0.15) is 0 Å². The molecule has 2 heteroatoms. The Morgan fingerprint density at radius 3 is 2.80 bits per heavy atom. The fourth-order valence-corrected chi connectivity index (χ4v) is 4.64. The van der Waals surface area contributed by atoms with Gasteiger partial charge < -0.3 is 10.2 Å². The Morgan fingerprint density at radius 1 is 1.05 bits per heavy atom. The summed E-state index contributed by atoms with van der Waals surface area (Å²) in [7, 11) is 0. The van der Waals surface area contributed by atoms with Crippen LogP contribution in [0.2, 0.25) is 0 Å². The Bertz CT molecular complexity index is 445. The number of para-hydroxylation sites is 1. The van der Waals surface area contributed by atoms with Crippen molar-refractivity contribution in [1.29, 1.82) is 0 Å². The molecule has 1 aromatic carbocycles. The third kappa shape index (κ3) is 2.46. The smallest absolute Gasteiger partial charge is 0.0429 e. The molecular weight excluding hydrogens is 244 g/mol. The van der Waals surface area contributed by atoms with Gasteiger partial charge >= 0.3 is 0 Å². The summed E-state index contributed by atoms with van der Waals surface area (Å²) in [6.07, 6.45) is 8.61. The lowest BCUT2D eigenvalue weighted by molar-refractivity contribution is 0.0845. The number of hydrogen-bond donors (Lipinski definition) is 1. The number of fused-ring (bicyclic) bond motifs is 2. The molecule has 2 nitrogen and oxygen atoms in total. The topological polar surface area (TPSA) is 15.3 Å². The van der Waals surface area contributed by atoms with Gasteiger partial charge in [0.25, 0.3) is 0 Å². The number of nitrogens with one attached hydrogen (secondary N) is 1. The van der Waals surface area contributed by atoms with Crippen LogP contribution in [-0.4, -0.2) is 30.6 Å². The van der Waals surface area contributed by atoms with E-state index in [1.54, 1.807) is 0 Å². The minimum absolute atomic E-state index is 0.632. The first kappa shape index (κ1) is 12.7. The van der Waals surface area contributed by atoms with E-state index in [4.69, 9.17) is 0 Å². The van der Waals surface area contributed by atoms with Crippen molar-refractivity contribution >= 4 is 5.69 Å². The standard InChI is InChI=1S/C18H26N2/c1-2-7-16-12-20(10-9-14(16)5-1)13-17-11-15-6-3-4-8-18(15)19-17/h3-4,6,8,14,16-17,19H,1-2,5,7,9-13H2. The maximum absolute atomic E-state index is 3.71. The molecule has 0 radical (unpaired) electrons. The van der Waals surface area contributed by atoms with Gasteiger partial charge in [0.2, 0.25) is 0 Å². The van der Waals surface area contributed by atoms with Gasteiger partial charge in [0, 0.05) is 24.8 Å².